The topological polar surface area (TPSA) is 51.1 Å². The number of isocyanates is 1. The number of likely N-dealkylation sites (N-methyl/N-ethyl adjacent to an activating group) is 1. The van der Waals surface area contributed by atoms with E-state index in [1.54, 1.807) is 13.2 Å². The molecule has 5 heteroatoms. The Bertz CT molecular complexity index is 556. The molecule has 20 heavy (non-hydrogen) atoms. The molecule has 5 nitrogen and oxygen atoms in total. The molecular weight excluding hydrogens is 256 g/mol. The monoisotopic (exact) mass is 274 g/mol. The van der Waals surface area contributed by atoms with Crippen molar-refractivity contribution in [3.8, 4) is 11.5 Å². The van der Waals surface area contributed by atoms with Crippen LogP contribution in [0.4, 0.5) is 0 Å². The van der Waals surface area contributed by atoms with Crippen LogP contribution in [-0.2, 0) is 10.3 Å². The predicted molar refractivity (Wildman–Crippen MR) is 73.9 cm³/mol. The van der Waals surface area contributed by atoms with E-state index in [4.69, 9.17) is 9.47 Å². The molecule has 1 aliphatic carbocycles. The van der Waals surface area contributed by atoms with Gasteiger partial charge in [-0.15, -0.1) is 0 Å². The van der Waals surface area contributed by atoms with Crippen LogP contribution in [0.15, 0.2) is 23.2 Å². The standard InChI is InChI=1S/C15H18N2O3/c1-17-8-12(9-17)20-14-7-11(3-4-13(14)19-2)15(5-6-15)16-10-18/h3-4,7,12H,5-6,8-9H2,1-2H3. The molecule has 0 aromatic heterocycles. The Morgan fingerprint density at radius 2 is 2.10 bits per heavy atom. The summed E-state index contributed by atoms with van der Waals surface area (Å²) in [7, 11) is 3.69. The highest BCUT2D eigenvalue weighted by Crippen LogP contribution is 2.50. The van der Waals surface area contributed by atoms with Crippen LogP contribution >= 0.6 is 0 Å². The maximum Gasteiger partial charge on any atom is 0.235 e. The van der Waals surface area contributed by atoms with E-state index in [9.17, 15) is 4.79 Å². The van der Waals surface area contributed by atoms with Crippen molar-refractivity contribution in [3.05, 3.63) is 23.8 Å². The smallest absolute Gasteiger partial charge is 0.235 e. The number of rotatable bonds is 5. The SMILES string of the molecule is COc1ccc(C2(N=C=O)CC2)cc1OC1CN(C)C1. The van der Waals surface area contributed by atoms with Crippen LogP contribution in [0.5, 0.6) is 11.5 Å². The molecule has 1 saturated carbocycles. The second-order valence-corrected chi connectivity index (χ2v) is 5.56. The third-order valence-corrected chi connectivity index (χ3v) is 4.01. The van der Waals surface area contributed by atoms with Crippen molar-refractivity contribution in [2.75, 3.05) is 27.2 Å². The Balaban J connectivity index is 1.85. The van der Waals surface area contributed by atoms with Crippen molar-refractivity contribution in [3.63, 3.8) is 0 Å². The molecule has 0 unspecified atom stereocenters. The van der Waals surface area contributed by atoms with Crippen LogP contribution in [0.1, 0.15) is 18.4 Å². The molecule has 0 N–H and O–H groups in total. The number of hydrogen-bond donors (Lipinski definition) is 0. The molecule has 3 rings (SSSR count). The Labute approximate surface area is 118 Å². The lowest BCUT2D eigenvalue weighted by Crippen LogP contribution is -2.51. The summed E-state index contributed by atoms with van der Waals surface area (Å²) in [6.07, 6.45) is 3.66. The minimum Gasteiger partial charge on any atom is -0.493 e. The second-order valence-electron chi connectivity index (χ2n) is 5.56. The lowest BCUT2D eigenvalue weighted by Gasteiger charge is -2.36. The number of methoxy groups -OCH3 is 1. The summed E-state index contributed by atoms with van der Waals surface area (Å²) in [6.45, 7) is 1.84. The fraction of sp³-hybridized carbons (Fsp3) is 0.533. The molecule has 0 atom stereocenters. The minimum absolute atomic E-state index is 0.203. The second kappa shape index (κ2) is 4.93. The first-order valence-electron chi connectivity index (χ1n) is 6.79. The van der Waals surface area contributed by atoms with Gasteiger partial charge in [-0.25, -0.2) is 4.79 Å². The molecule has 106 valence electrons. The van der Waals surface area contributed by atoms with Crippen LogP contribution < -0.4 is 9.47 Å². The van der Waals surface area contributed by atoms with Crippen molar-refractivity contribution >= 4 is 6.08 Å². The number of aliphatic imine (C=N–C) groups is 1. The van der Waals surface area contributed by atoms with Crippen LogP contribution in [0.2, 0.25) is 0 Å². The summed E-state index contributed by atoms with van der Waals surface area (Å²) in [6, 6.07) is 5.78. The Kier molecular flexibility index (Phi) is 3.24. The number of hydrogen-bond acceptors (Lipinski definition) is 5. The molecule has 1 aromatic carbocycles. The molecule has 1 aromatic rings. The van der Waals surface area contributed by atoms with E-state index in [1.165, 1.54) is 0 Å². The van der Waals surface area contributed by atoms with Crippen LogP contribution in [-0.4, -0.2) is 44.3 Å². The van der Waals surface area contributed by atoms with Gasteiger partial charge in [-0.1, -0.05) is 6.07 Å². The fourth-order valence-electron chi connectivity index (χ4n) is 2.62. The number of benzene rings is 1. The van der Waals surface area contributed by atoms with Gasteiger partial charge in [-0.05, 0) is 37.6 Å². The third-order valence-electron chi connectivity index (χ3n) is 4.01. The van der Waals surface area contributed by atoms with E-state index in [0.29, 0.717) is 5.75 Å². The summed E-state index contributed by atoms with van der Waals surface area (Å²) < 4.78 is 11.3. The molecule has 0 bridgehead atoms. The van der Waals surface area contributed by atoms with Crippen molar-refractivity contribution < 1.29 is 14.3 Å². The van der Waals surface area contributed by atoms with Gasteiger partial charge in [0.1, 0.15) is 6.10 Å². The van der Waals surface area contributed by atoms with E-state index < -0.39 is 0 Å². The van der Waals surface area contributed by atoms with Gasteiger partial charge in [0.2, 0.25) is 6.08 Å². The summed E-state index contributed by atoms with van der Waals surface area (Å²) >= 11 is 0. The zero-order valence-electron chi connectivity index (χ0n) is 11.8. The van der Waals surface area contributed by atoms with Gasteiger partial charge >= 0.3 is 0 Å². The van der Waals surface area contributed by atoms with E-state index in [2.05, 4.69) is 16.9 Å². The van der Waals surface area contributed by atoms with Crippen LogP contribution in [0.25, 0.3) is 0 Å². The Morgan fingerprint density at radius 1 is 1.35 bits per heavy atom. The molecule has 2 aliphatic rings. The first-order chi connectivity index (χ1) is 9.66. The largest absolute Gasteiger partial charge is 0.493 e. The Morgan fingerprint density at radius 3 is 2.65 bits per heavy atom. The molecule has 0 radical (unpaired) electrons. The molecule has 1 heterocycles. The van der Waals surface area contributed by atoms with E-state index in [1.807, 2.05) is 18.2 Å². The summed E-state index contributed by atoms with van der Waals surface area (Å²) in [5.41, 5.74) is 0.632. The van der Waals surface area contributed by atoms with Gasteiger partial charge in [-0.3, -0.25) is 4.90 Å². The summed E-state index contributed by atoms with van der Waals surface area (Å²) in [5.74, 6) is 1.45. The number of carbonyl (C=O) groups excluding carboxylic acids is 1. The zero-order valence-corrected chi connectivity index (χ0v) is 11.8. The number of nitrogens with zero attached hydrogens (tertiary/aromatic N) is 2. The molecule has 0 spiro atoms. The zero-order chi connectivity index (χ0) is 14.2. The maximum absolute atomic E-state index is 10.6. The summed E-state index contributed by atoms with van der Waals surface area (Å²) in [4.78, 5) is 16.7. The lowest BCUT2D eigenvalue weighted by atomic mass is 10.0. The van der Waals surface area contributed by atoms with Gasteiger partial charge in [0.05, 0.1) is 12.6 Å². The van der Waals surface area contributed by atoms with Gasteiger partial charge in [0.25, 0.3) is 0 Å². The molecule has 1 saturated heterocycles. The van der Waals surface area contributed by atoms with Gasteiger partial charge in [-0.2, -0.15) is 4.99 Å². The predicted octanol–water partition coefficient (Wildman–Crippen LogP) is 1.71. The molecular formula is C15H18N2O3. The summed E-state index contributed by atoms with van der Waals surface area (Å²) in [5, 5.41) is 0. The fourth-order valence-corrected chi connectivity index (χ4v) is 2.62. The van der Waals surface area contributed by atoms with E-state index in [-0.39, 0.29) is 11.6 Å². The minimum atomic E-state index is -0.372. The average molecular weight is 274 g/mol. The molecule has 2 fully saturated rings. The number of likely N-dealkylation sites (tertiary alicyclic amines) is 1. The number of ether oxygens (including phenoxy) is 2. The molecule has 0 amide bonds. The van der Waals surface area contributed by atoms with Crippen molar-refractivity contribution in [2.45, 2.75) is 24.5 Å². The van der Waals surface area contributed by atoms with Crippen LogP contribution in [0, 0.1) is 0 Å². The quantitative estimate of drug-likeness (QED) is 0.606. The van der Waals surface area contributed by atoms with Gasteiger partial charge in [0.15, 0.2) is 11.5 Å². The first-order valence-corrected chi connectivity index (χ1v) is 6.79. The van der Waals surface area contributed by atoms with Gasteiger partial charge in [0, 0.05) is 13.1 Å². The first kappa shape index (κ1) is 13.2. The normalized spacial score (nSPS) is 20.7. The highest BCUT2D eigenvalue weighted by molar-refractivity contribution is 5.49. The van der Waals surface area contributed by atoms with Crippen molar-refractivity contribution in [1.29, 1.82) is 0 Å². The van der Waals surface area contributed by atoms with Crippen molar-refractivity contribution in [1.82, 2.24) is 4.90 Å². The van der Waals surface area contributed by atoms with Crippen LogP contribution in [0.3, 0.4) is 0 Å². The highest BCUT2D eigenvalue weighted by Gasteiger charge is 2.45. The Hall–Kier alpha value is -1.84. The van der Waals surface area contributed by atoms with Crippen molar-refractivity contribution in [2.24, 2.45) is 4.99 Å². The maximum atomic E-state index is 10.6. The van der Waals surface area contributed by atoms with E-state index in [0.717, 1.165) is 37.2 Å². The molecule has 1 aliphatic heterocycles. The third kappa shape index (κ3) is 2.30. The highest BCUT2D eigenvalue weighted by atomic mass is 16.5. The van der Waals surface area contributed by atoms with E-state index >= 15 is 0 Å². The lowest BCUT2D eigenvalue weighted by molar-refractivity contribution is 0.0369. The van der Waals surface area contributed by atoms with Gasteiger partial charge < -0.3 is 9.47 Å². The average Bonchev–Trinajstić information content (AvgIpc) is 3.18.